The van der Waals surface area contributed by atoms with Crippen molar-refractivity contribution in [1.29, 1.82) is 0 Å². The van der Waals surface area contributed by atoms with E-state index in [4.69, 9.17) is 4.74 Å². The molecule has 7 nitrogen and oxygen atoms in total. The van der Waals surface area contributed by atoms with Crippen molar-refractivity contribution < 1.29 is 19.4 Å². The zero-order valence-corrected chi connectivity index (χ0v) is 11.4. The molecule has 0 aliphatic carbocycles. The minimum absolute atomic E-state index is 0.0466. The Morgan fingerprint density at radius 3 is 2.80 bits per heavy atom. The summed E-state index contributed by atoms with van der Waals surface area (Å²) >= 11 is 0. The predicted octanol–water partition coefficient (Wildman–Crippen LogP) is 0.277. The van der Waals surface area contributed by atoms with Crippen LogP contribution in [0, 0.1) is 11.8 Å². The number of carbonyl (C=O) groups excluding carboxylic acids is 1. The highest BCUT2D eigenvalue weighted by Gasteiger charge is 2.30. The van der Waals surface area contributed by atoms with Crippen LogP contribution in [0.5, 0.6) is 0 Å². The maximum Gasteiger partial charge on any atom is 0.308 e. The predicted molar refractivity (Wildman–Crippen MR) is 70.2 cm³/mol. The topological polar surface area (TPSA) is 93.5 Å². The number of carboxylic acids is 1. The van der Waals surface area contributed by atoms with Crippen molar-refractivity contribution in [3.05, 3.63) is 18.0 Å². The van der Waals surface area contributed by atoms with Gasteiger partial charge in [-0.1, -0.05) is 0 Å². The number of ether oxygens (including phenoxy) is 1. The van der Waals surface area contributed by atoms with Crippen LogP contribution < -0.4 is 5.32 Å². The summed E-state index contributed by atoms with van der Waals surface area (Å²) in [6.07, 6.45) is 3.11. The highest BCUT2D eigenvalue weighted by atomic mass is 16.5. The Morgan fingerprint density at radius 1 is 1.55 bits per heavy atom. The van der Waals surface area contributed by atoms with Gasteiger partial charge in [-0.25, -0.2) is 0 Å². The molecule has 0 spiro atoms. The highest BCUT2D eigenvalue weighted by molar-refractivity contribution is 5.92. The lowest BCUT2D eigenvalue weighted by Crippen LogP contribution is -2.39. The molecular formula is C13H19N3O4. The number of hydrogen-bond donors (Lipinski definition) is 2. The fourth-order valence-corrected chi connectivity index (χ4v) is 2.40. The van der Waals surface area contributed by atoms with Gasteiger partial charge in [0.15, 0.2) is 0 Å². The lowest BCUT2D eigenvalue weighted by Gasteiger charge is -2.27. The van der Waals surface area contributed by atoms with E-state index >= 15 is 0 Å². The van der Waals surface area contributed by atoms with Crippen molar-refractivity contribution >= 4 is 11.9 Å². The van der Waals surface area contributed by atoms with Crippen LogP contribution in [-0.4, -0.2) is 46.5 Å². The Balaban J connectivity index is 1.91. The minimum Gasteiger partial charge on any atom is -0.481 e. The van der Waals surface area contributed by atoms with Crippen LogP contribution in [-0.2, 0) is 16.6 Å². The van der Waals surface area contributed by atoms with Gasteiger partial charge in [-0.3, -0.25) is 14.3 Å². The molecule has 2 heterocycles. The van der Waals surface area contributed by atoms with Crippen molar-refractivity contribution in [3.8, 4) is 0 Å². The molecule has 110 valence electrons. The van der Waals surface area contributed by atoms with Crippen LogP contribution in [0.2, 0.25) is 0 Å². The second-order valence-electron chi connectivity index (χ2n) is 4.98. The third-order valence-corrected chi connectivity index (χ3v) is 3.58. The molecule has 1 unspecified atom stereocenters. The molecule has 0 bridgehead atoms. The van der Waals surface area contributed by atoms with Crippen molar-refractivity contribution in [2.75, 3.05) is 19.8 Å². The molecule has 1 atom stereocenters. The Morgan fingerprint density at radius 2 is 2.25 bits per heavy atom. The Hall–Kier alpha value is -1.89. The van der Waals surface area contributed by atoms with E-state index in [-0.39, 0.29) is 18.4 Å². The third kappa shape index (κ3) is 3.57. The molecule has 0 aromatic carbocycles. The van der Waals surface area contributed by atoms with E-state index in [2.05, 4.69) is 10.4 Å². The van der Waals surface area contributed by atoms with Gasteiger partial charge in [-0.15, -0.1) is 0 Å². The molecule has 1 aliphatic rings. The second kappa shape index (κ2) is 6.51. The van der Waals surface area contributed by atoms with Crippen LogP contribution in [0.4, 0.5) is 0 Å². The van der Waals surface area contributed by atoms with Crippen molar-refractivity contribution in [1.82, 2.24) is 15.1 Å². The largest absolute Gasteiger partial charge is 0.481 e. The number of aliphatic carboxylic acids is 1. The van der Waals surface area contributed by atoms with Gasteiger partial charge in [0.2, 0.25) is 0 Å². The molecule has 2 N–H and O–H groups in total. The normalized spacial score (nSPS) is 17.6. The quantitative estimate of drug-likeness (QED) is 0.808. The number of rotatable bonds is 5. The van der Waals surface area contributed by atoms with E-state index in [0.29, 0.717) is 18.9 Å². The molecule has 1 saturated heterocycles. The van der Waals surface area contributed by atoms with Crippen LogP contribution in [0.1, 0.15) is 23.3 Å². The van der Waals surface area contributed by atoms with Gasteiger partial charge in [0.1, 0.15) is 5.69 Å². The standard InChI is InChI=1S/C13H19N3O4/c1-16-5-2-11(15-16)12(17)14-8-10(13(18)19)9-3-6-20-7-4-9/h2,5,9-10H,3-4,6-8H2,1H3,(H,14,17)(H,18,19). The summed E-state index contributed by atoms with van der Waals surface area (Å²) in [4.78, 5) is 23.2. The second-order valence-corrected chi connectivity index (χ2v) is 4.98. The van der Waals surface area contributed by atoms with E-state index in [1.54, 1.807) is 19.3 Å². The van der Waals surface area contributed by atoms with Gasteiger partial charge < -0.3 is 15.2 Å². The Labute approximate surface area is 116 Å². The lowest BCUT2D eigenvalue weighted by molar-refractivity contribution is -0.144. The fourth-order valence-electron chi connectivity index (χ4n) is 2.40. The fraction of sp³-hybridized carbons (Fsp3) is 0.615. The molecular weight excluding hydrogens is 262 g/mol. The lowest BCUT2D eigenvalue weighted by atomic mass is 9.86. The SMILES string of the molecule is Cn1ccc(C(=O)NCC(C(=O)O)C2CCOCC2)n1. The molecule has 0 radical (unpaired) electrons. The van der Waals surface area contributed by atoms with Crippen LogP contribution >= 0.6 is 0 Å². The molecule has 1 amide bonds. The smallest absolute Gasteiger partial charge is 0.308 e. The summed E-state index contributed by atoms with van der Waals surface area (Å²) in [6.45, 7) is 1.29. The van der Waals surface area contributed by atoms with E-state index in [0.717, 1.165) is 12.8 Å². The van der Waals surface area contributed by atoms with Crippen LogP contribution in [0.25, 0.3) is 0 Å². The van der Waals surface area contributed by atoms with Gasteiger partial charge in [-0.05, 0) is 24.8 Å². The molecule has 20 heavy (non-hydrogen) atoms. The van der Waals surface area contributed by atoms with Crippen LogP contribution in [0.3, 0.4) is 0 Å². The van der Waals surface area contributed by atoms with Gasteiger partial charge >= 0.3 is 5.97 Å². The van der Waals surface area contributed by atoms with Gasteiger partial charge in [0.25, 0.3) is 5.91 Å². The molecule has 0 saturated carbocycles. The summed E-state index contributed by atoms with van der Waals surface area (Å²) in [6, 6.07) is 1.60. The molecule has 1 aromatic heterocycles. The number of hydrogen-bond acceptors (Lipinski definition) is 4. The van der Waals surface area contributed by atoms with Crippen molar-refractivity contribution in [2.45, 2.75) is 12.8 Å². The first-order valence-electron chi connectivity index (χ1n) is 6.66. The number of nitrogens with zero attached hydrogens (tertiary/aromatic N) is 2. The average Bonchev–Trinajstić information content (AvgIpc) is 2.86. The third-order valence-electron chi connectivity index (χ3n) is 3.58. The number of amides is 1. The Kier molecular flexibility index (Phi) is 4.73. The summed E-state index contributed by atoms with van der Waals surface area (Å²) in [5.74, 6) is -1.75. The summed E-state index contributed by atoms with van der Waals surface area (Å²) < 4.78 is 6.76. The number of aromatic nitrogens is 2. The van der Waals surface area contributed by atoms with Gasteiger partial charge in [0, 0.05) is 33.0 Å². The number of carboxylic acid groups (broad SMARTS) is 1. The maximum absolute atomic E-state index is 11.9. The number of carbonyl (C=O) groups is 2. The molecule has 1 aromatic rings. The average molecular weight is 281 g/mol. The van der Waals surface area contributed by atoms with E-state index in [1.807, 2.05) is 0 Å². The first kappa shape index (κ1) is 14.5. The Bertz CT molecular complexity index is 480. The maximum atomic E-state index is 11.9. The molecule has 1 aliphatic heterocycles. The zero-order chi connectivity index (χ0) is 14.5. The zero-order valence-electron chi connectivity index (χ0n) is 11.4. The number of aryl methyl sites for hydroxylation is 1. The minimum atomic E-state index is -0.877. The van der Waals surface area contributed by atoms with Gasteiger partial charge in [-0.2, -0.15) is 5.10 Å². The molecule has 1 fully saturated rings. The van der Waals surface area contributed by atoms with E-state index < -0.39 is 11.9 Å². The summed E-state index contributed by atoms with van der Waals surface area (Å²) in [7, 11) is 1.72. The molecule has 2 rings (SSSR count). The summed E-state index contributed by atoms with van der Waals surface area (Å²) in [5.41, 5.74) is 0.295. The first-order chi connectivity index (χ1) is 9.58. The summed E-state index contributed by atoms with van der Waals surface area (Å²) in [5, 5.41) is 15.9. The van der Waals surface area contributed by atoms with Crippen LogP contribution in [0.15, 0.2) is 12.3 Å². The van der Waals surface area contributed by atoms with E-state index in [9.17, 15) is 14.7 Å². The van der Waals surface area contributed by atoms with Crippen molar-refractivity contribution in [3.63, 3.8) is 0 Å². The first-order valence-corrected chi connectivity index (χ1v) is 6.66. The van der Waals surface area contributed by atoms with Gasteiger partial charge in [0.05, 0.1) is 5.92 Å². The van der Waals surface area contributed by atoms with Crippen molar-refractivity contribution in [2.24, 2.45) is 18.9 Å². The monoisotopic (exact) mass is 281 g/mol. The number of nitrogens with one attached hydrogen (secondary N) is 1. The molecule has 7 heteroatoms. The highest BCUT2D eigenvalue weighted by Crippen LogP contribution is 2.23. The van der Waals surface area contributed by atoms with E-state index in [1.165, 1.54) is 4.68 Å².